The summed E-state index contributed by atoms with van der Waals surface area (Å²) < 4.78 is 16.7. The fraction of sp³-hybridized carbons (Fsp3) is 0.400. The molecule has 1 saturated heterocycles. The predicted molar refractivity (Wildman–Crippen MR) is 101 cm³/mol. The van der Waals surface area contributed by atoms with E-state index in [2.05, 4.69) is 26.1 Å². The number of hydrogen-bond donors (Lipinski definition) is 0. The normalized spacial score (nSPS) is 14.8. The molecule has 1 aliphatic rings. The summed E-state index contributed by atoms with van der Waals surface area (Å²) in [6.07, 6.45) is 2.33. The molecule has 8 nitrogen and oxygen atoms in total. The van der Waals surface area contributed by atoms with E-state index in [1.54, 1.807) is 7.11 Å². The molecule has 0 unspecified atom stereocenters. The number of nitriles is 1. The average molecular weight is 379 g/mol. The van der Waals surface area contributed by atoms with Crippen LogP contribution in [-0.4, -0.2) is 35.3 Å². The van der Waals surface area contributed by atoms with E-state index in [1.807, 2.05) is 31.2 Å². The first kappa shape index (κ1) is 18.0. The van der Waals surface area contributed by atoms with E-state index in [-0.39, 0.29) is 5.92 Å². The number of methoxy groups -OCH3 is 1. The number of anilines is 1. The molecule has 0 spiro atoms. The third-order valence-corrected chi connectivity index (χ3v) is 4.98. The van der Waals surface area contributed by atoms with Crippen molar-refractivity contribution in [2.75, 3.05) is 25.1 Å². The van der Waals surface area contributed by atoms with Crippen LogP contribution in [0.1, 0.15) is 43.2 Å². The molecule has 0 amide bonds. The fourth-order valence-corrected chi connectivity index (χ4v) is 3.46. The third kappa shape index (κ3) is 3.31. The van der Waals surface area contributed by atoms with Crippen molar-refractivity contribution in [1.29, 1.82) is 5.26 Å². The van der Waals surface area contributed by atoms with E-state index in [9.17, 15) is 5.26 Å². The summed E-state index contributed by atoms with van der Waals surface area (Å²) in [7, 11) is 1.62. The van der Waals surface area contributed by atoms with E-state index >= 15 is 0 Å². The standard InChI is InChI=1S/C20H21N5O3/c1-3-17-22-15(12-21)20(27-17)25-10-8-13(9-11-25)19-23-18(24-28-19)14-6-4-5-7-16(14)26-2/h4-7,13H,3,8-11H2,1-2H3. The quantitative estimate of drug-likeness (QED) is 0.663. The topological polar surface area (TPSA) is 101 Å². The van der Waals surface area contributed by atoms with Gasteiger partial charge in [0, 0.05) is 25.4 Å². The lowest BCUT2D eigenvalue weighted by Crippen LogP contribution is -2.33. The molecule has 0 N–H and O–H groups in total. The number of hydrogen-bond acceptors (Lipinski definition) is 8. The van der Waals surface area contributed by atoms with E-state index < -0.39 is 0 Å². The third-order valence-electron chi connectivity index (χ3n) is 4.98. The van der Waals surface area contributed by atoms with Crippen LogP contribution in [-0.2, 0) is 6.42 Å². The van der Waals surface area contributed by atoms with Crippen molar-refractivity contribution in [3.63, 3.8) is 0 Å². The number of rotatable bonds is 5. The summed E-state index contributed by atoms with van der Waals surface area (Å²) in [5.74, 6) is 3.21. The van der Waals surface area contributed by atoms with Crippen molar-refractivity contribution in [3.8, 4) is 23.2 Å². The Kier molecular flexibility index (Phi) is 4.98. The minimum atomic E-state index is 0.173. The van der Waals surface area contributed by atoms with Crippen molar-refractivity contribution < 1.29 is 13.7 Å². The zero-order valence-corrected chi connectivity index (χ0v) is 15.9. The van der Waals surface area contributed by atoms with Crippen LogP contribution in [0.15, 0.2) is 33.2 Å². The number of aryl methyl sites for hydroxylation is 1. The molecule has 4 rings (SSSR count). The van der Waals surface area contributed by atoms with Gasteiger partial charge in [-0.1, -0.05) is 24.2 Å². The van der Waals surface area contributed by atoms with Crippen molar-refractivity contribution in [2.45, 2.75) is 32.1 Å². The van der Waals surface area contributed by atoms with Gasteiger partial charge in [-0.05, 0) is 25.0 Å². The van der Waals surface area contributed by atoms with Gasteiger partial charge >= 0.3 is 0 Å². The molecular formula is C20H21N5O3. The second kappa shape index (κ2) is 7.72. The zero-order chi connectivity index (χ0) is 19.5. The van der Waals surface area contributed by atoms with Crippen LogP contribution in [0, 0.1) is 11.3 Å². The number of piperidine rings is 1. The number of aromatic nitrogens is 3. The van der Waals surface area contributed by atoms with Gasteiger partial charge in [-0.25, -0.2) is 4.98 Å². The molecule has 3 aromatic rings. The van der Waals surface area contributed by atoms with Crippen LogP contribution in [0.25, 0.3) is 11.4 Å². The van der Waals surface area contributed by atoms with Crippen LogP contribution in [0.2, 0.25) is 0 Å². The number of para-hydroxylation sites is 1. The zero-order valence-electron chi connectivity index (χ0n) is 15.9. The lowest BCUT2D eigenvalue weighted by molar-refractivity contribution is 0.326. The molecule has 1 fully saturated rings. The highest BCUT2D eigenvalue weighted by molar-refractivity contribution is 5.63. The van der Waals surface area contributed by atoms with E-state index in [4.69, 9.17) is 13.7 Å². The Labute approximate surface area is 162 Å². The van der Waals surface area contributed by atoms with Gasteiger partial charge in [-0.2, -0.15) is 10.2 Å². The molecule has 0 saturated carbocycles. The minimum absolute atomic E-state index is 0.173. The van der Waals surface area contributed by atoms with Crippen molar-refractivity contribution >= 4 is 5.88 Å². The van der Waals surface area contributed by atoms with E-state index in [0.29, 0.717) is 41.4 Å². The Bertz CT molecular complexity index is 995. The van der Waals surface area contributed by atoms with Crippen LogP contribution in [0.5, 0.6) is 5.75 Å². The Morgan fingerprint density at radius 3 is 2.75 bits per heavy atom. The summed E-state index contributed by atoms with van der Waals surface area (Å²) in [5, 5.41) is 13.4. The molecule has 0 aliphatic carbocycles. The molecule has 0 radical (unpaired) electrons. The lowest BCUT2D eigenvalue weighted by Gasteiger charge is -2.29. The number of benzene rings is 1. The highest BCUT2D eigenvalue weighted by atomic mass is 16.5. The van der Waals surface area contributed by atoms with Crippen LogP contribution < -0.4 is 9.64 Å². The van der Waals surface area contributed by atoms with Gasteiger partial charge in [-0.15, -0.1) is 0 Å². The smallest absolute Gasteiger partial charge is 0.234 e. The molecule has 28 heavy (non-hydrogen) atoms. The minimum Gasteiger partial charge on any atom is -0.496 e. The maximum atomic E-state index is 9.30. The number of ether oxygens (including phenoxy) is 1. The maximum Gasteiger partial charge on any atom is 0.234 e. The largest absolute Gasteiger partial charge is 0.496 e. The molecule has 0 atom stereocenters. The van der Waals surface area contributed by atoms with Gasteiger partial charge in [0.25, 0.3) is 0 Å². The highest BCUT2D eigenvalue weighted by Crippen LogP contribution is 2.33. The van der Waals surface area contributed by atoms with Crippen molar-refractivity contribution in [1.82, 2.24) is 15.1 Å². The van der Waals surface area contributed by atoms with Gasteiger partial charge in [0.15, 0.2) is 5.89 Å². The van der Waals surface area contributed by atoms with Crippen molar-refractivity contribution in [2.24, 2.45) is 0 Å². The molecule has 144 valence electrons. The molecule has 3 heterocycles. The van der Waals surface area contributed by atoms with Crippen molar-refractivity contribution in [3.05, 3.63) is 41.7 Å². The number of nitrogens with zero attached hydrogens (tertiary/aromatic N) is 5. The Balaban J connectivity index is 1.47. The first-order valence-corrected chi connectivity index (χ1v) is 9.35. The van der Waals surface area contributed by atoms with Crippen LogP contribution >= 0.6 is 0 Å². The second-order valence-corrected chi connectivity index (χ2v) is 6.64. The van der Waals surface area contributed by atoms with Gasteiger partial charge in [-0.3, -0.25) is 0 Å². The molecule has 1 aromatic carbocycles. The fourth-order valence-electron chi connectivity index (χ4n) is 3.46. The van der Waals surface area contributed by atoms with E-state index in [0.717, 1.165) is 31.5 Å². The molecule has 2 aromatic heterocycles. The highest BCUT2D eigenvalue weighted by Gasteiger charge is 2.29. The second-order valence-electron chi connectivity index (χ2n) is 6.64. The summed E-state index contributed by atoms with van der Waals surface area (Å²) in [5.41, 5.74) is 1.16. The number of oxazole rings is 1. The van der Waals surface area contributed by atoms with Gasteiger partial charge < -0.3 is 18.6 Å². The first-order chi connectivity index (χ1) is 13.7. The molecule has 0 bridgehead atoms. The molecule has 8 heteroatoms. The monoisotopic (exact) mass is 379 g/mol. The van der Waals surface area contributed by atoms with Crippen LogP contribution in [0.3, 0.4) is 0 Å². The van der Waals surface area contributed by atoms with Gasteiger partial charge in [0.1, 0.15) is 11.8 Å². The summed E-state index contributed by atoms with van der Waals surface area (Å²) in [6.45, 7) is 3.44. The maximum absolute atomic E-state index is 9.30. The summed E-state index contributed by atoms with van der Waals surface area (Å²) >= 11 is 0. The first-order valence-electron chi connectivity index (χ1n) is 9.35. The SMILES string of the molecule is CCc1nc(C#N)c(N2CCC(c3nc(-c4ccccc4OC)no3)CC2)o1. The lowest BCUT2D eigenvalue weighted by atomic mass is 9.97. The summed E-state index contributed by atoms with van der Waals surface area (Å²) in [6, 6.07) is 9.73. The predicted octanol–water partition coefficient (Wildman–Crippen LogP) is 3.55. The Morgan fingerprint density at radius 2 is 2.04 bits per heavy atom. The Hall–Kier alpha value is -3.34. The summed E-state index contributed by atoms with van der Waals surface area (Å²) in [4.78, 5) is 10.9. The van der Waals surface area contributed by atoms with Crippen LogP contribution in [0.4, 0.5) is 5.88 Å². The average Bonchev–Trinajstić information content (AvgIpc) is 3.41. The van der Waals surface area contributed by atoms with E-state index in [1.165, 1.54) is 0 Å². The molecule has 1 aliphatic heterocycles. The van der Waals surface area contributed by atoms with Gasteiger partial charge in [0.05, 0.1) is 12.7 Å². The Morgan fingerprint density at radius 1 is 1.25 bits per heavy atom. The molecular weight excluding hydrogens is 358 g/mol. The van der Waals surface area contributed by atoms with Gasteiger partial charge in [0.2, 0.25) is 23.3 Å².